The summed E-state index contributed by atoms with van der Waals surface area (Å²) in [7, 11) is 0. The predicted octanol–water partition coefficient (Wildman–Crippen LogP) is 7.00. The van der Waals surface area contributed by atoms with E-state index in [4.69, 9.17) is 8.18 Å². The van der Waals surface area contributed by atoms with Crippen molar-refractivity contribution < 1.29 is 8.18 Å². The van der Waals surface area contributed by atoms with Gasteiger partial charge in [0, 0.05) is 0 Å². The van der Waals surface area contributed by atoms with Crippen molar-refractivity contribution in [2.24, 2.45) is 0 Å². The Balaban J connectivity index is 3.76. The van der Waals surface area contributed by atoms with E-state index in [2.05, 4.69) is 13.8 Å². The maximum absolute atomic E-state index is 8.84. The summed E-state index contributed by atoms with van der Waals surface area (Å²) >= 11 is -1.70. The molecule has 0 radical (unpaired) electrons. The van der Waals surface area contributed by atoms with E-state index in [0.29, 0.717) is 6.61 Å². The van der Waals surface area contributed by atoms with Gasteiger partial charge in [-0.2, -0.15) is 0 Å². The molecule has 0 aromatic rings. The van der Waals surface area contributed by atoms with E-state index >= 15 is 0 Å². The van der Waals surface area contributed by atoms with Crippen LogP contribution in [0.15, 0.2) is 0 Å². The number of hydrogen-bond acceptors (Lipinski definition) is 2. The van der Waals surface area contributed by atoms with E-state index in [1.165, 1.54) is 98.8 Å². The third-order valence-electron chi connectivity index (χ3n) is 5.17. The second-order valence-corrected chi connectivity index (χ2v) is 15.5. The first-order valence-corrected chi connectivity index (χ1v) is 17.6. The molecular formula is C22H48O2Sn. The van der Waals surface area contributed by atoms with Gasteiger partial charge in [-0.1, -0.05) is 0 Å². The number of aliphatic hydroxyl groups excluding tert-OH is 1. The van der Waals surface area contributed by atoms with Crippen molar-refractivity contribution in [1.29, 1.82) is 0 Å². The SMILES string of the molecule is CCCCCCC[CH2][SnH]([CH2]CCCCCCC)[O]CCCCCCO. The molecule has 152 valence electrons. The molecule has 0 heterocycles. The van der Waals surface area contributed by atoms with Gasteiger partial charge in [0.25, 0.3) is 0 Å². The van der Waals surface area contributed by atoms with E-state index in [0.717, 1.165) is 19.4 Å². The molecule has 0 fully saturated rings. The molecule has 0 saturated carbocycles. The molecule has 25 heavy (non-hydrogen) atoms. The van der Waals surface area contributed by atoms with Crippen LogP contribution in [0.5, 0.6) is 0 Å². The minimum atomic E-state index is -1.70. The number of hydrogen-bond donors (Lipinski definition) is 1. The fourth-order valence-electron chi connectivity index (χ4n) is 3.43. The van der Waals surface area contributed by atoms with Gasteiger partial charge >= 0.3 is 167 Å². The molecule has 0 rings (SSSR count). The fraction of sp³-hybridized carbons (Fsp3) is 1.00. The van der Waals surface area contributed by atoms with Crippen molar-refractivity contribution in [1.82, 2.24) is 0 Å². The monoisotopic (exact) mass is 464 g/mol. The average molecular weight is 463 g/mol. The molecule has 0 saturated heterocycles. The van der Waals surface area contributed by atoms with Gasteiger partial charge in [0.05, 0.1) is 0 Å². The van der Waals surface area contributed by atoms with Gasteiger partial charge in [0.15, 0.2) is 0 Å². The zero-order valence-electron chi connectivity index (χ0n) is 17.6. The fourth-order valence-corrected chi connectivity index (χ4v) is 10.9. The molecule has 0 aliphatic carbocycles. The van der Waals surface area contributed by atoms with Crippen molar-refractivity contribution in [3.05, 3.63) is 0 Å². The molecule has 0 unspecified atom stereocenters. The third kappa shape index (κ3) is 20.9. The summed E-state index contributed by atoms with van der Waals surface area (Å²) < 4.78 is 9.37. The summed E-state index contributed by atoms with van der Waals surface area (Å²) in [6, 6.07) is 0. The summed E-state index contributed by atoms with van der Waals surface area (Å²) in [5.74, 6) is 0. The van der Waals surface area contributed by atoms with Crippen molar-refractivity contribution >= 4 is 20.2 Å². The van der Waals surface area contributed by atoms with Crippen LogP contribution in [0.2, 0.25) is 8.87 Å². The van der Waals surface area contributed by atoms with Crippen molar-refractivity contribution in [3.63, 3.8) is 0 Å². The van der Waals surface area contributed by atoms with Gasteiger partial charge in [-0.3, -0.25) is 0 Å². The average Bonchev–Trinajstić information content (AvgIpc) is 2.63. The van der Waals surface area contributed by atoms with Crippen LogP contribution in [0.3, 0.4) is 0 Å². The molecule has 0 aliphatic heterocycles. The summed E-state index contributed by atoms with van der Waals surface area (Å²) in [6.07, 6.45) is 21.5. The Kier molecular flexibility index (Phi) is 23.4. The Labute approximate surface area is 166 Å². The standard InChI is InChI=1S/2C8H17.C6H13O2.Sn.H/c2*1-3-5-7-8-6-4-2;7-5-3-1-2-4-6-8;;/h2*1,3-8H2,2H3;7H,1-6H2;;/q;;-1;+1;. The number of unbranched alkanes of at least 4 members (excludes halogenated alkanes) is 13. The van der Waals surface area contributed by atoms with Crippen molar-refractivity contribution in [3.8, 4) is 0 Å². The molecule has 0 spiro atoms. The van der Waals surface area contributed by atoms with Gasteiger partial charge in [-0.05, 0) is 0 Å². The van der Waals surface area contributed by atoms with Gasteiger partial charge < -0.3 is 0 Å². The molecular weight excluding hydrogens is 415 g/mol. The van der Waals surface area contributed by atoms with Crippen LogP contribution in [-0.2, 0) is 3.07 Å². The van der Waals surface area contributed by atoms with Crippen LogP contribution in [0, 0.1) is 0 Å². The zero-order chi connectivity index (χ0) is 18.4. The van der Waals surface area contributed by atoms with Crippen LogP contribution < -0.4 is 0 Å². The Morgan fingerprint density at radius 3 is 1.52 bits per heavy atom. The third-order valence-corrected chi connectivity index (χ3v) is 13.2. The van der Waals surface area contributed by atoms with E-state index in [1.807, 2.05) is 0 Å². The topological polar surface area (TPSA) is 29.5 Å². The van der Waals surface area contributed by atoms with Crippen molar-refractivity contribution in [2.45, 2.75) is 125 Å². The van der Waals surface area contributed by atoms with Crippen LogP contribution in [0.4, 0.5) is 0 Å². The first-order valence-electron chi connectivity index (χ1n) is 11.6. The molecule has 0 aromatic heterocycles. The number of aliphatic hydroxyl groups is 1. The molecule has 0 aromatic carbocycles. The summed E-state index contributed by atoms with van der Waals surface area (Å²) in [5.41, 5.74) is 0. The Morgan fingerprint density at radius 2 is 1.00 bits per heavy atom. The maximum atomic E-state index is 8.84. The summed E-state index contributed by atoms with van der Waals surface area (Å²) in [4.78, 5) is 0. The molecule has 2 nitrogen and oxygen atoms in total. The van der Waals surface area contributed by atoms with E-state index in [-0.39, 0.29) is 0 Å². The second kappa shape index (κ2) is 22.8. The molecule has 0 aliphatic rings. The molecule has 3 heteroatoms. The van der Waals surface area contributed by atoms with Crippen LogP contribution in [-0.4, -0.2) is 38.5 Å². The van der Waals surface area contributed by atoms with Crippen LogP contribution in [0.1, 0.15) is 117 Å². The van der Waals surface area contributed by atoms with Crippen molar-refractivity contribution in [2.75, 3.05) is 13.2 Å². The normalized spacial score (nSPS) is 11.5. The Morgan fingerprint density at radius 1 is 0.560 bits per heavy atom. The van der Waals surface area contributed by atoms with E-state index < -0.39 is 20.2 Å². The summed E-state index contributed by atoms with van der Waals surface area (Å²) in [6.45, 7) is 5.94. The second-order valence-electron chi connectivity index (χ2n) is 7.74. The predicted molar refractivity (Wildman–Crippen MR) is 115 cm³/mol. The summed E-state index contributed by atoms with van der Waals surface area (Å²) in [5, 5.41) is 8.84. The Hall–Kier alpha value is 0.719. The molecule has 0 atom stereocenters. The van der Waals surface area contributed by atoms with Gasteiger partial charge in [-0.25, -0.2) is 0 Å². The quantitative estimate of drug-likeness (QED) is 0.147. The van der Waals surface area contributed by atoms with Gasteiger partial charge in [-0.15, -0.1) is 0 Å². The Bertz CT molecular complexity index is 198. The van der Waals surface area contributed by atoms with Gasteiger partial charge in [0.1, 0.15) is 0 Å². The van der Waals surface area contributed by atoms with Crippen LogP contribution >= 0.6 is 0 Å². The number of rotatable bonds is 21. The molecule has 1 N–H and O–H groups in total. The van der Waals surface area contributed by atoms with E-state index in [9.17, 15) is 0 Å². The minimum absolute atomic E-state index is 0.346. The first-order chi connectivity index (χ1) is 12.3. The molecule has 0 amide bonds. The van der Waals surface area contributed by atoms with E-state index in [1.54, 1.807) is 0 Å². The van der Waals surface area contributed by atoms with Gasteiger partial charge in [0.2, 0.25) is 0 Å². The molecule has 0 bridgehead atoms. The zero-order valence-corrected chi connectivity index (χ0v) is 20.9. The first kappa shape index (κ1) is 25.7. The van der Waals surface area contributed by atoms with Crippen LogP contribution in [0.25, 0.3) is 0 Å².